The highest BCUT2D eigenvalue weighted by atomic mass is 35.5. The molecule has 1 aromatic carbocycles. The van der Waals surface area contributed by atoms with Gasteiger partial charge in [-0.05, 0) is 25.5 Å². The Morgan fingerprint density at radius 2 is 2.08 bits per heavy atom. The van der Waals surface area contributed by atoms with Gasteiger partial charge in [-0.25, -0.2) is 8.42 Å². The maximum atomic E-state index is 12.6. The second-order valence-electron chi connectivity index (χ2n) is 5.45. The first-order valence-electron chi connectivity index (χ1n) is 7.02. The lowest BCUT2D eigenvalue weighted by molar-refractivity contribution is -0.189. The monoisotopic (exact) mass is 385 g/mol. The molecule has 1 amide bonds. The summed E-state index contributed by atoms with van der Waals surface area (Å²) in [6, 6.07) is 3.30. The van der Waals surface area contributed by atoms with Crippen LogP contribution in [-0.4, -0.2) is 50.3 Å². The number of sulfone groups is 1. The number of benzene rings is 1. The van der Waals surface area contributed by atoms with Crippen LogP contribution in [0.25, 0.3) is 0 Å². The molecule has 24 heavy (non-hydrogen) atoms. The fourth-order valence-corrected chi connectivity index (χ4v) is 4.58. The molecule has 0 radical (unpaired) electrons. The van der Waals surface area contributed by atoms with Crippen molar-refractivity contribution < 1.29 is 31.1 Å². The number of alkyl halides is 3. The molecule has 2 atom stereocenters. The minimum atomic E-state index is -4.54. The molecule has 0 bridgehead atoms. The number of ether oxygens (including phenoxy) is 1. The number of carbonyl (C=O) groups is 1. The Morgan fingerprint density at radius 1 is 1.42 bits per heavy atom. The quantitative estimate of drug-likeness (QED) is 0.731. The van der Waals surface area contributed by atoms with E-state index in [9.17, 15) is 26.4 Å². The maximum Gasteiger partial charge on any atom is 0.425 e. The van der Waals surface area contributed by atoms with E-state index in [1.54, 1.807) is 0 Å². The molecule has 1 aliphatic heterocycles. The third kappa shape index (κ3) is 3.94. The van der Waals surface area contributed by atoms with Crippen molar-refractivity contribution >= 4 is 27.8 Å². The number of rotatable bonds is 5. The molecule has 1 heterocycles. The highest BCUT2D eigenvalue weighted by molar-refractivity contribution is 7.92. The maximum absolute atomic E-state index is 12.6. The van der Waals surface area contributed by atoms with Crippen molar-refractivity contribution in [2.75, 3.05) is 13.1 Å². The van der Waals surface area contributed by atoms with Crippen molar-refractivity contribution in [3.63, 3.8) is 0 Å². The number of hydrogen-bond donors (Lipinski definition) is 0. The standard InChI is InChI=1S/C14H15ClF3NO4S/c1-9(14(16,17)18)23-10-2-3-13(12(15)6-10)24(21,22)11-4-5-19(7-11)8-20/h2-3,6,8-9,11H,4-5,7H2,1H3. The van der Waals surface area contributed by atoms with E-state index in [0.29, 0.717) is 13.0 Å². The lowest BCUT2D eigenvalue weighted by Crippen LogP contribution is -2.31. The van der Waals surface area contributed by atoms with Gasteiger partial charge in [-0.15, -0.1) is 0 Å². The summed E-state index contributed by atoms with van der Waals surface area (Å²) >= 11 is 5.94. The first kappa shape index (κ1) is 18.9. The number of halogens is 4. The van der Waals surface area contributed by atoms with Gasteiger partial charge < -0.3 is 9.64 Å². The van der Waals surface area contributed by atoms with Crippen LogP contribution in [0.2, 0.25) is 5.02 Å². The lowest BCUT2D eigenvalue weighted by Gasteiger charge is -2.18. The summed E-state index contributed by atoms with van der Waals surface area (Å²) in [5.41, 5.74) is 0. The fraction of sp³-hybridized carbons (Fsp3) is 0.500. The molecule has 10 heteroatoms. The number of amides is 1. The largest absolute Gasteiger partial charge is 0.481 e. The Morgan fingerprint density at radius 3 is 2.58 bits per heavy atom. The van der Waals surface area contributed by atoms with E-state index in [2.05, 4.69) is 0 Å². The first-order chi connectivity index (χ1) is 11.1. The Balaban J connectivity index is 2.22. The average Bonchev–Trinajstić information content (AvgIpc) is 2.95. The second kappa shape index (κ2) is 6.79. The van der Waals surface area contributed by atoms with Gasteiger partial charge in [0.05, 0.1) is 15.2 Å². The van der Waals surface area contributed by atoms with Gasteiger partial charge in [-0.3, -0.25) is 4.79 Å². The highest BCUT2D eigenvalue weighted by Crippen LogP contribution is 2.33. The van der Waals surface area contributed by atoms with Gasteiger partial charge in [0, 0.05) is 19.2 Å². The zero-order valence-electron chi connectivity index (χ0n) is 12.6. The molecule has 1 saturated heterocycles. The van der Waals surface area contributed by atoms with E-state index >= 15 is 0 Å². The van der Waals surface area contributed by atoms with Gasteiger partial charge in [0.1, 0.15) is 5.75 Å². The topological polar surface area (TPSA) is 63.7 Å². The third-order valence-electron chi connectivity index (χ3n) is 3.75. The third-order valence-corrected chi connectivity index (χ3v) is 6.40. The van der Waals surface area contributed by atoms with Crippen molar-refractivity contribution in [3.8, 4) is 5.75 Å². The molecule has 2 rings (SSSR count). The van der Waals surface area contributed by atoms with Crippen LogP contribution in [0.1, 0.15) is 13.3 Å². The highest BCUT2D eigenvalue weighted by Gasteiger charge is 2.38. The molecular weight excluding hydrogens is 371 g/mol. The van der Waals surface area contributed by atoms with E-state index in [0.717, 1.165) is 25.1 Å². The van der Waals surface area contributed by atoms with Crippen molar-refractivity contribution in [3.05, 3.63) is 23.2 Å². The smallest absolute Gasteiger partial charge is 0.425 e. The zero-order chi connectivity index (χ0) is 18.1. The summed E-state index contributed by atoms with van der Waals surface area (Å²) in [6.07, 6.45) is -5.74. The molecule has 1 fully saturated rings. The molecule has 0 N–H and O–H groups in total. The summed E-state index contributed by atoms with van der Waals surface area (Å²) in [6.45, 7) is 1.23. The van der Waals surface area contributed by atoms with E-state index in [4.69, 9.17) is 16.3 Å². The Hall–Kier alpha value is -1.48. The van der Waals surface area contributed by atoms with Crippen LogP contribution >= 0.6 is 11.6 Å². The summed E-state index contributed by atoms with van der Waals surface area (Å²) in [4.78, 5) is 11.9. The predicted octanol–water partition coefficient (Wildman–Crippen LogP) is 2.67. The Bertz CT molecular complexity index is 723. The van der Waals surface area contributed by atoms with Gasteiger partial charge in [0.15, 0.2) is 15.9 Å². The van der Waals surface area contributed by atoms with E-state index in [-0.39, 0.29) is 28.6 Å². The molecular formula is C14H15ClF3NO4S. The number of hydrogen-bond acceptors (Lipinski definition) is 4. The molecule has 2 unspecified atom stereocenters. The van der Waals surface area contributed by atoms with E-state index < -0.39 is 27.4 Å². The van der Waals surface area contributed by atoms with Gasteiger partial charge >= 0.3 is 6.18 Å². The van der Waals surface area contributed by atoms with Crippen molar-refractivity contribution in [2.24, 2.45) is 0 Å². The SMILES string of the molecule is CC(Oc1ccc(S(=O)(=O)C2CCN(C=O)C2)c(Cl)c1)C(F)(F)F. The Kier molecular flexibility index (Phi) is 5.34. The number of carbonyl (C=O) groups excluding carboxylic acids is 1. The first-order valence-corrected chi connectivity index (χ1v) is 8.94. The fourth-order valence-electron chi connectivity index (χ4n) is 2.34. The van der Waals surface area contributed by atoms with Crippen LogP contribution in [-0.2, 0) is 14.6 Å². The predicted molar refractivity (Wildman–Crippen MR) is 80.8 cm³/mol. The number of likely N-dealkylation sites (tertiary alicyclic amines) is 1. The summed E-state index contributed by atoms with van der Waals surface area (Å²) < 4.78 is 67.3. The lowest BCUT2D eigenvalue weighted by atomic mass is 10.3. The average molecular weight is 386 g/mol. The van der Waals surface area contributed by atoms with Crippen molar-refractivity contribution in [1.29, 1.82) is 0 Å². The van der Waals surface area contributed by atoms with Gasteiger partial charge in [-0.1, -0.05) is 11.6 Å². The van der Waals surface area contributed by atoms with Crippen LogP contribution in [0, 0.1) is 0 Å². The minimum Gasteiger partial charge on any atom is -0.481 e. The summed E-state index contributed by atoms with van der Waals surface area (Å²) in [5, 5.41) is -1.01. The summed E-state index contributed by atoms with van der Waals surface area (Å²) in [5.74, 6) is -0.176. The van der Waals surface area contributed by atoms with Crippen LogP contribution in [0.15, 0.2) is 23.1 Å². The minimum absolute atomic E-state index is 0.0610. The Labute approximate surface area is 142 Å². The molecule has 5 nitrogen and oxygen atoms in total. The van der Waals surface area contributed by atoms with Crippen LogP contribution in [0.4, 0.5) is 13.2 Å². The summed E-state index contributed by atoms with van der Waals surface area (Å²) in [7, 11) is -3.80. The number of nitrogens with zero attached hydrogens (tertiary/aromatic N) is 1. The van der Waals surface area contributed by atoms with Crippen LogP contribution in [0.3, 0.4) is 0 Å². The van der Waals surface area contributed by atoms with E-state index in [1.165, 1.54) is 4.90 Å². The van der Waals surface area contributed by atoms with Crippen LogP contribution in [0.5, 0.6) is 5.75 Å². The molecule has 0 spiro atoms. The molecule has 134 valence electrons. The second-order valence-corrected chi connectivity index (χ2v) is 8.05. The van der Waals surface area contributed by atoms with E-state index in [1.807, 2.05) is 0 Å². The molecule has 0 aliphatic carbocycles. The normalized spacial score (nSPS) is 20.0. The van der Waals surface area contributed by atoms with Gasteiger partial charge in [-0.2, -0.15) is 13.2 Å². The van der Waals surface area contributed by atoms with Gasteiger partial charge in [0.25, 0.3) is 0 Å². The van der Waals surface area contributed by atoms with Crippen LogP contribution < -0.4 is 4.74 Å². The molecule has 0 saturated carbocycles. The zero-order valence-corrected chi connectivity index (χ0v) is 14.2. The van der Waals surface area contributed by atoms with Crippen molar-refractivity contribution in [2.45, 2.75) is 35.8 Å². The molecule has 0 aromatic heterocycles. The molecule has 1 aromatic rings. The van der Waals surface area contributed by atoms with Gasteiger partial charge in [0.2, 0.25) is 6.41 Å². The van der Waals surface area contributed by atoms with Crippen molar-refractivity contribution in [1.82, 2.24) is 4.90 Å². The molecule has 1 aliphatic rings.